The lowest BCUT2D eigenvalue weighted by molar-refractivity contribution is -0.125. The quantitative estimate of drug-likeness (QED) is 0.193. The average Bonchev–Trinajstić information content (AvgIpc) is 3.84. The van der Waals surface area contributed by atoms with Gasteiger partial charge in [0.15, 0.2) is 5.82 Å². The highest BCUT2D eigenvalue weighted by Crippen LogP contribution is 2.40. The predicted molar refractivity (Wildman–Crippen MR) is 194 cm³/mol. The Labute approximate surface area is 292 Å². The summed E-state index contributed by atoms with van der Waals surface area (Å²) in [5.41, 5.74) is 0.900. The number of ether oxygens (including phenoxy) is 1. The summed E-state index contributed by atoms with van der Waals surface area (Å²) in [4.78, 5) is 35.1. The van der Waals surface area contributed by atoms with Crippen LogP contribution in [0.25, 0.3) is 32.9 Å². The number of nitrogens with zero attached hydrogens (tertiary/aromatic N) is 7. The minimum atomic E-state index is -0.553. The summed E-state index contributed by atoms with van der Waals surface area (Å²) < 4.78 is 23.0. The van der Waals surface area contributed by atoms with E-state index in [1.807, 2.05) is 42.3 Å². The number of rotatable bonds is 8. The van der Waals surface area contributed by atoms with Crippen LogP contribution in [0.4, 0.5) is 10.2 Å². The number of carbonyl (C=O) groups is 1. The number of halogens is 2. The molecule has 4 aliphatic heterocycles. The zero-order valence-electron chi connectivity index (χ0n) is 28.5. The molecular formula is C38H45ClFN7O2. The summed E-state index contributed by atoms with van der Waals surface area (Å²) in [5, 5.41) is 2.64. The third-order valence-electron chi connectivity index (χ3n) is 11.0. The summed E-state index contributed by atoms with van der Waals surface area (Å²) in [5.74, 6) is -0.127. The number of amides is 1. The van der Waals surface area contributed by atoms with Crippen molar-refractivity contribution in [2.45, 2.75) is 57.0 Å². The number of benzene rings is 2. The molecule has 4 aliphatic rings. The maximum atomic E-state index is 16.6. The van der Waals surface area contributed by atoms with Gasteiger partial charge in [0.05, 0.1) is 10.9 Å². The van der Waals surface area contributed by atoms with E-state index in [0.717, 1.165) is 56.0 Å². The molecule has 0 saturated carbocycles. The molecule has 1 atom stereocenters. The van der Waals surface area contributed by atoms with Gasteiger partial charge < -0.3 is 19.4 Å². The molecule has 0 N–H and O–H groups in total. The first-order chi connectivity index (χ1) is 23.8. The Morgan fingerprint density at radius 1 is 1.10 bits per heavy atom. The maximum Gasteiger partial charge on any atom is 0.319 e. The highest BCUT2D eigenvalue weighted by molar-refractivity contribution is 6.36. The molecule has 1 unspecified atom stereocenters. The van der Waals surface area contributed by atoms with Crippen molar-refractivity contribution < 1.29 is 13.9 Å². The van der Waals surface area contributed by atoms with Gasteiger partial charge in [0.25, 0.3) is 0 Å². The van der Waals surface area contributed by atoms with Gasteiger partial charge in [-0.15, -0.1) is 0 Å². The summed E-state index contributed by atoms with van der Waals surface area (Å²) in [6.45, 7) is 13.5. The van der Waals surface area contributed by atoms with Crippen LogP contribution in [0.5, 0.6) is 6.01 Å². The van der Waals surface area contributed by atoms with Crippen LogP contribution in [0.15, 0.2) is 55.3 Å². The van der Waals surface area contributed by atoms with Crippen LogP contribution >= 0.6 is 11.6 Å². The Morgan fingerprint density at radius 3 is 2.53 bits per heavy atom. The zero-order valence-corrected chi connectivity index (χ0v) is 29.3. The fraction of sp³-hybridized carbons (Fsp3) is 0.474. The highest BCUT2D eigenvalue weighted by atomic mass is 35.5. The van der Waals surface area contributed by atoms with Crippen molar-refractivity contribution in [2.75, 3.05) is 64.4 Å². The number of aromatic nitrogens is 3. The first kappa shape index (κ1) is 33.6. The summed E-state index contributed by atoms with van der Waals surface area (Å²) in [6.07, 6.45) is 9.59. The van der Waals surface area contributed by atoms with Gasteiger partial charge in [0.2, 0.25) is 5.91 Å². The average molecular weight is 686 g/mol. The van der Waals surface area contributed by atoms with Crippen molar-refractivity contribution in [1.82, 2.24) is 29.7 Å². The molecule has 0 radical (unpaired) electrons. The monoisotopic (exact) mass is 685 g/mol. The van der Waals surface area contributed by atoms with Gasteiger partial charge in [-0.3, -0.25) is 14.7 Å². The summed E-state index contributed by atoms with van der Waals surface area (Å²) >= 11 is 6.60. The SMILES string of the molecule is C=CC(=O)N1CCC(N(C)c2nc(OCC34CCCN3CCC4)nc3c(F)c(-c4cccc5cccc(Cl)c45)ncc23)C1.CCN1CCC1. The van der Waals surface area contributed by atoms with E-state index in [0.29, 0.717) is 41.5 Å². The van der Waals surface area contributed by atoms with Gasteiger partial charge in [-0.25, -0.2) is 4.39 Å². The second-order valence-electron chi connectivity index (χ2n) is 13.7. The van der Waals surface area contributed by atoms with Crippen LogP contribution < -0.4 is 9.64 Å². The normalized spacial score (nSPS) is 20.2. The molecular weight excluding hydrogens is 641 g/mol. The molecule has 4 aromatic rings. The fourth-order valence-electron chi connectivity index (χ4n) is 7.95. The topological polar surface area (TPSA) is 77.9 Å². The Kier molecular flexibility index (Phi) is 9.72. The minimum absolute atomic E-state index is 0.0109. The Morgan fingerprint density at radius 2 is 1.86 bits per heavy atom. The Hall–Kier alpha value is -3.86. The van der Waals surface area contributed by atoms with E-state index < -0.39 is 5.82 Å². The molecule has 4 saturated heterocycles. The van der Waals surface area contributed by atoms with Crippen molar-refractivity contribution in [3.63, 3.8) is 0 Å². The number of likely N-dealkylation sites (N-methyl/N-ethyl adjacent to an activating group) is 1. The first-order valence-electron chi connectivity index (χ1n) is 17.6. The lowest BCUT2D eigenvalue weighted by atomic mass is 9.95. The lowest BCUT2D eigenvalue weighted by Crippen LogP contribution is -2.43. The van der Waals surface area contributed by atoms with Gasteiger partial charge in [0, 0.05) is 48.3 Å². The number of pyridine rings is 1. The Balaban J connectivity index is 0.000000571. The van der Waals surface area contributed by atoms with Crippen molar-refractivity contribution in [3.05, 3.63) is 66.1 Å². The Bertz CT molecular complexity index is 1850. The van der Waals surface area contributed by atoms with Gasteiger partial charge in [-0.2, -0.15) is 9.97 Å². The summed E-state index contributed by atoms with van der Waals surface area (Å²) in [7, 11) is 1.92. The summed E-state index contributed by atoms with van der Waals surface area (Å²) in [6, 6.07) is 11.4. The van der Waals surface area contributed by atoms with Crippen LogP contribution in [-0.4, -0.2) is 107 Å². The molecule has 2 aromatic carbocycles. The number of anilines is 1. The van der Waals surface area contributed by atoms with Gasteiger partial charge in [-0.05, 0) is 88.8 Å². The third-order valence-corrected chi connectivity index (χ3v) is 11.3. The number of hydrogen-bond acceptors (Lipinski definition) is 8. The van der Waals surface area contributed by atoms with Gasteiger partial charge >= 0.3 is 6.01 Å². The van der Waals surface area contributed by atoms with Crippen molar-refractivity contribution >= 4 is 45.0 Å². The number of likely N-dealkylation sites (tertiary alicyclic amines) is 2. The molecule has 9 nitrogen and oxygen atoms in total. The van der Waals surface area contributed by atoms with E-state index in [2.05, 4.69) is 33.3 Å². The second-order valence-corrected chi connectivity index (χ2v) is 14.1. The zero-order chi connectivity index (χ0) is 34.1. The number of carbonyl (C=O) groups excluding carboxylic acids is 1. The van der Waals surface area contributed by atoms with Crippen LogP contribution in [-0.2, 0) is 4.79 Å². The molecule has 1 amide bonds. The minimum Gasteiger partial charge on any atom is -0.461 e. The second kappa shape index (κ2) is 14.2. The van der Waals surface area contributed by atoms with Gasteiger partial charge in [0.1, 0.15) is 23.6 Å². The largest absolute Gasteiger partial charge is 0.461 e. The van der Waals surface area contributed by atoms with E-state index in [9.17, 15) is 4.79 Å². The van der Waals surface area contributed by atoms with E-state index in [1.165, 1.54) is 32.1 Å². The van der Waals surface area contributed by atoms with Crippen molar-refractivity contribution in [2.24, 2.45) is 0 Å². The van der Waals surface area contributed by atoms with Crippen LogP contribution in [0, 0.1) is 5.82 Å². The third kappa shape index (κ3) is 6.46. The predicted octanol–water partition coefficient (Wildman–Crippen LogP) is 6.58. The molecule has 8 rings (SSSR count). The molecule has 6 heterocycles. The standard InChI is InChI=1S/C33H34ClFN6O2.C5H11N/c1-3-26(42)40-17-12-22(19-40)39(2)31-24-18-36-29(23-10-4-8-21-9-5-11-25(34)27(21)23)28(35)30(24)37-32(38-31)43-20-33-13-6-15-41(33)16-7-14-33;1-2-6-4-3-5-6/h3-5,8-11,18,22H,1,6-7,12-17,19-20H2,2H3;2-5H2,1H3. The molecule has 0 spiro atoms. The lowest BCUT2D eigenvalue weighted by Gasteiger charge is -2.31. The molecule has 0 aliphatic carbocycles. The first-order valence-corrected chi connectivity index (χ1v) is 18.0. The van der Waals surface area contributed by atoms with E-state index in [-0.39, 0.29) is 34.7 Å². The number of fused-ring (bicyclic) bond motifs is 3. The molecule has 0 bridgehead atoms. The van der Waals surface area contributed by atoms with Crippen LogP contribution in [0.2, 0.25) is 5.02 Å². The molecule has 49 heavy (non-hydrogen) atoms. The molecule has 258 valence electrons. The maximum absolute atomic E-state index is 16.6. The van der Waals surface area contributed by atoms with Gasteiger partial charge in [-0.1, -0.05) is 55.4 Å². The van der Waals surface area contributed by atoms with Crippen LogP contribution in [0.1, 0.15) is 45.4 Å². The van der Waals surface area contributed by atoms with E-state index >= 15 is 4.39 Å². The van der Waals surface area contributed by atoms with E-state index in [1.54, 1.807) is 17.2 Å². The van der Waals surface area contributed by atoms with Crippen molar-refractivity contribution in [3.8, 4) is 17.3 Å². The number of hydrogen-bond donors (Lipinski definition) is 0. The molecule has 11 heteroatoms. The van der Waals surface area contributed by atoms with Crippen molar-refractivity contribution in [1.29, 1.82) is 0 Å². The smallest absolute Gasteiger partial charge is 0.319 e. The van der Waals surface area contributed by atoms with E-state index in [4.69, 9.17) is 21.3 Å². The fourth-order valence-corrected chi connectivity index (χ4v) is 8.24. The van der Waals surface area contributed by atoms with Crippen LogP contribution in [0.3, 0.4) is 0 Å². The molecule has 2 aromatic heterocycles. The molecule has 4 fully saturated rings. The highest BCUT2D eigenvalue weighted by Gasteiger charge is 2.45.